The monoisotopic (exact) mass is 159 g/mol. The minimum atomic E-state index is 0.170. The molecule has 0 aliphatic heterocycles. The van der Waals surface area contributed by atoms with Crippen molar-refractivity contribution >= 4 is 0 Å². The van der Waals surface area contributed by atoms with Gasteiger partial charge < -0.3 is 10.5 Å². The van der Waals surface area contributed by atoms with E-state index in [-0.39, 0.29) is 6.04 Å². The first kappa shape index (κ1) is 10.9. The summed E-state index contributed by atoms with van der Waals surface area (Å²) < 4.78 is 5.38. The van der Waals surface area contributed by atoms with E-state index in [1.165, 1.54) is 12.8 Å². The fourth-order valence-corrected chi connectivity index (χ4v) is 1.03. The van der Waals surface area contributed by atoms with Gasteiger partial charge in [-0.3, -0.25) is 0 Å². The predicted octanol–water partition coefficient (Wildman–Crippen LogP) is 1.79. The molecule has 2 unspecified atom stereocenters. The van der Waals surface area contributed by atoms with E-state index in [1.54, 1.807) is 0 Å². The Morgan fingerprint density at radius 1 is 1.27 bits per heavy atom. The zero-order chi connectivity index (χ0) is 8.69. The molecule has 0 bridgehead atoms. The topological polar surface area (TPSA) is 35.2 Å². The second-order valence-electron chi connectivity index (χ2n) is 3.41. The standard InChI is InChI=1S/C9H21NO/c1-4-5-8(2)6-11-7-9(3)10/h8-9H,4-7,10H2,1-3H3. The van der Waals surface area contributed by atoms with Crippen LogP contribution in [0.1, 0.15) is 33.6 Å². The molecule has 0 heterocycles. The lowest BCUT2D eigenvalue weighted by atomic mass is 10.1. The maximum atomic E-state index is 5.53. The van der Waals surface area contributed by atoms with Crippen molar-refractivity contribution < 1.29 is 4.74 Å². The Hall–Kier alpha value is -0.0800. The van der Waals surface area contributed by atoms with Gasteiger partial charge in [0, 0.05) is 12.6 Å². The Morgan fingerprint density at radius 2 is 1.91 bits per heavy atom. The molecule has 0 spiro atoms. The lowest BCUT2D eigenvalue weighted by molar-refractivity contribution is 0.0939. The Balaban J connectivity index is 3.10. The third-order valence-electron chi connectivity index (χ3n) is 1.56. The molecule has 0 saturated heterocycles. The van der Waals surface area contributed by atoms with Crippen molar-refractivity contribution in [1.29, 1.82) is 0 Å². The van der Waals surface area contributed by atoms with Crippen molar-refractivity contribution in [3.05, 3.63) is 0 Å². The summed E-state index contributed by atoms with van der Waals surface area (Å²) in [5.41, 5.74) is 5.53. The Kier molecular flexibility index (Phi) is 6.57. The zero-order valence-corrected chi connectivity index (χ0v) is 7.97. The van der Waals surface area contributed by atoms with E-state index >= 15 is 0 Å². The fourth-order valence-electron chi connectivity index (χ4n) is 1.03. The van der Waals surface area contributed by atoms with Crippen LogP contribution in [0.15, 0.2) is 0 Å². The van der Waals surface area contributed by atoms with Gasteiger partial charge in [-0.2, -0.15) is 0 Å². The van der Waals surface area contributed by atoms with E-state index in [1.807, 2.05) is 6.92 Å². The fraction of sp³-hybridized carbons (Fsp3) is 1.00. The average molecular weight is 159 g/mol. The molecule has 0 aliphatic rings. The first-order valence-corrected chi connectivity index (χ1v) is 4.50. The van der Waals surface area contributed by atoms with Gasteiger partial charge in [-0.25, -0.2) is 0 Å². The molecule has 2 heteroatoms. The number of nitrogens with two attached hydrogens (primary N) is 1. The molecule has 0 amide bonds. The van der Waals surface area contributed by atoms with Crippen LogP contribution in [0, 0.1) is 5.92 Å². The largest absolute Gasteiger partial charge is 0.380 e. The SMILES string of the molecule is CCCC(C)COCC(C)N. The molecule has 0 aromatic heterocycles. The van der Waals surface area contributed by atoms with Crippen molar-refractivity contribution in [3.63, 3.8) is 0 Å². The first-order chi connectivity index (χ1) is 5.16. The second kappa shape index (κ2) is 6.62. The maximum Gasteiger partial charge on any atom is 0.0614 e. The van der Waals surface area contributed by atoms with Crippen molar-refractivity contribution in [2.45, 2.75) is 39.7 Å². The third kappa shape index (κ3) is 7.82. The number of rotatable bonds is 6. The molecule has 2 atom stereocenters. The molecule has 0 saturated carbocycles. The van der Waals surface area contributed by atoms with Crippen molar-refractivity contribution in [2.75, 3.05) is 13.2 Å². The van der Waals surface area contributed by atoms with Crippen LogP contribution in [0.4, 0.5) is 0 Å². The molecule has 2 nitrogen and oxygen atoms in total. The van der Waals surface area contributed by atoms with Crippen LogP contribution < -0.4 is 5.73 Å². The first-order valence-electron chi connectivity index (χ1n) is 4.50. The summed E-state index contributed by atoms with van der Waals surface area (Å²) >= 11 is 0. The van der Waals surface area contributed by atoms with Gasteiger partial charge in [0.1, 0.15) is 0 Å². The van der Waals surface area contributed by atoms with E-state index in [2.05, 4.69) is 13.8 Å². The summed E-state index contributed by atoms with van der Waals surface area (Å²) in [5, 5.41) is 0. The van der Waals surface area contributed by atoms with Gasteiger partial charge >= 0.3 is 0 Å². The van der Waals surface area contributed by atoms with Crippen molar-refractivity contribution in [3.8, 4) is 0 Å². The lowest BCUT2D eigenvalue weighted by Gasteiger charge is -2.11. The van der Waals surface area contributed by atoms with Crippen LogP contribution in [0.3, 0.4) is 0 Å². The molecule has 0 aromatic carbocycles. The van der Waals surface area contributed by atoms with Crippen LogP contribution in [-0.4, -0.2) is 19.3 Å². The number of hydrogen-bond acceptors (Lipinski definition) is 2. The molecule has 68 valence electrons. The Bertz CT molecular complexity index is 83.6. The molecule has 0 radical (unpaired) electrons. The van der Waals surface area contributed by atoms with E-state index in [9.17, 15) is 0 Å². The van der Waals surface area contributed by atoms with Gasteiger partial charge in [-0.15, -0.1) is 0 Å². The molecular formula is C9H21NO. The highest BCUT2D eigenvalue weighted by atomic mass is 16.5. The normalized spacial score (nSPS) is 16.4. The van der Waals surface area contributed by atoms with Gasteiger partial charge in [-0.05, 0) is 19.3 Å². The molecule has 11 heavy (non-hydrogen) atoms. The highest BCUT2D eigenvalue weighted by Gasteiger charge is 2.00. The third-order valence-corrected chi connectivity index (χ3v) is 1.56. The molecule has 0 aliphatic carbocycles. The highest BCUT2D eigenvalue weighted by molar-refractivity contribution is 4.52. The van der Waals surface area contributed by atoms with E-state index in [0.717, 1.165) is 6.61 Å². The molecular weight excluding hydrogens is 138 g/mol. The smallest absolute Gasteiger partial charge is 0.0614 e. The van der Waals surface area contributed by atoms with Crippen LogP contribution in [0.2, 0.25) is 0 Å². The van der Waals surface area contributed by atoms with Crippen LogP contribution in [0.5, 0.6) is 0 Å². The van der Waals surface area contributed by atoms with Crippen LogP contribution >= 0.6 is 0 Å². The van der Waals surface area contributed by atoms with Gasteiger partial charge in [0.05, 0.1) is 6.61 Å². The van der Waals surface area contributed by atoms with E-state index in [0.29, 0.717) is 12.5 Å². The summed E-state index contributed by atoms with van der Waals surface area (Å²) in [7, 11) is 0. The van der Waals surface area contributed by atoms with Crippen molar-refractivity contribution in [2.24, 2.45) is 11.7 Å². The number of hydrogen-bond donors (Lipinski definition) is 1. The van der Waals surface area contributed by atoms with Crippen LogP contribution in [0.25, 0.3) is 0 Å². The van der Waals surface area contributed by atoms with Gasteiger partial charge in [0.15, 0.2) is 0 Å². The van der Waals surface area contributed by atoms with Crippen LogP contribution in [-0.2, 0) is 4.74 Å². The lowest BCUT2D eigenvalue weighted by Crippen LogP contribution is -2.23. The maximum absolute atomic E-state index is 5.53. The predicted molar refractivity (Wildman–Crippen MR) is 48.5 cm³/mol. The second-order valence-corrected chi connectivity index (χ2v) is 3.41. The van der Waals surface area contributed by atoms with Crippen molar-refractivity contribution in [1.82, 2.24) is 0 Å². The minimum absolute atomic E-state index is 0.170. The quantitative estimate of drug-likeness (QED) is 0.641. The van der Waals surface area contributed by atoms with E-state index < -0.39 is 0 Å². The highest BCUT2D eigenvalue weighted by Crippen LogP contribution is 2.04. The summed E-state index contributed by atoms with van der Waals surface area (Å²) in [4.78, 5) is 0. The zero-order valence-electron chi connectivity index (χ0n) is 7.97. The molecule has 0 rings (SSSR count). The molecule has 0 fully saturated rings. The molecule has 0 aromatic rings. The number of ether oxygens (including phenoxy) is 1. The summed E-state index contributed by atoms with van der Waals surface area (Å²) in [6.07, 6.45) is 2.49. The summed E-state index contributed by atoms with van der Waals surface area (Å²) in [6, 6.07) is 0.170. The average Bonchev–Trinajstić information content (AvgIpc) is 1.87. The summed E-state index contributed by atoms with van der Waals surface area (Å²) in [6.45, 7) is 7.92. The Morgan fingerprint density at radius 3 is 2.36 bits per heavy atom. The summed E-state index contributed by atoms with van der Waals surface area (Å²) in [5.74, 6) is 0.679. The van der Waals surface area contributed by atoms with E-state index in [4.69, 9.17) is 10.5 Å². The van der Waals surface area contributed by atoms with Gasteiger partial charge in [-0.1, -0.05) is 20.3 Å². The minimum Gasteiger partial charge on any atom is -0.380 e. The Labute approximate surface area is 70.1 Å². The van der Waals surface area contributed by atoms with Gasteiger partial charge in [0.25, 0.3) is 0 Å². The van der Waals surface area contributed by atoms with Gasteiger partial charge in [0.2, 0.25) is 0 Å². The molecule has 2 N–H and O–H groups in total.